The maximum atomic E-state index is 11.9. The Kier molecular flexibility index (Phi) is 6.75. The van der Waals surface area contributed by atoms with E-state index < -0.39 is 18.5 Å². The van der Waals surface area contributed by atoms with Crippen LogP contribution in [0.4, 0.5) is 0 Å². The highest BCUT2D eigenvalue weighted by atomic mass is 35.5. The molecule has 0 heterocycles. The zero-order chi connectivity index (χ0) is 17.7. The van der Waals surface area contributed by atoms with Crippen molar-refractivity contribution in [1.82, 2.24) is 5.32 Å². The molecule has 0 aliphatic heterocycles. The molecule has 0 aliphatic rings. The summed E-state index contributed by atoms with van der Waals surface area (Å²) in [6, 6.07) is 9.54. The van der Waals surface area contributed by atoms with E-state index in [2.05, 4.69) is 5.32 Å². The minimum Gasteiger partial charge on any atom is -0.452 e. The second-order valence-electron chi connectivity index (χ2n) is 4.69. The first kappa shape index (κ1) is 18.9. The molecule has 0 spiro atoms. The summed E-state index contributed by atoms with van der Waals surface area (Å²) in [4.78, 5) is 23.7. The van der Waals surface area contributed by atoms with Crippen LogP contribution in [0.15, 0.2) is 36.4 Å². The van der Waals surface area contributed by atoms with E-state index in [4.69, 9.17) is 51.1 Å². The largest absolute Gasteiger partial charge is 0.452 e. The molecule has 1 N–H and O–H groups in total. The number of esters is 1. The molecule has 126 valence electrons. The van der Waals surface area contributed by atoms with Gasteiger partial charge in [0.15, 0.2) is 6.61 Å². The Labute approximate surface area is 158 Å². The molecule has 0 unspecified atom stereocenters. The minimum absolute atomic E-state index is 0.0226. The van der Waals surface area contributed by atoms with E-state index in [0.717, 1.165) is 0 Å². The smallest absolute Gasteiger partial charge is 0.341 e. The Hall–Kier alpha value is -1.46. The normalized spacial score (nSPS) is 10.3. The summed E-state index contributed by atoms with van der Waals surface area (Å²) in [5.74, 6) is -1.26. The summed E-state index contributed by atoms with van der Waals surface area (Å²) in [7, 11) is 0. The molecule has 0 radical (unpaired) electrons. The number of ether oxygens (including phenoxy) is 1. The van der Waals surface area contributed by atoms with Gasteiger partial charge in [0, 0.05) is 16.6 Å². The molecule has 2 aromatic carbocycles. The van der Waals surface area contributed by atoms with Crippen molar-refractivity contribution in [3.8, 4) is 0 Å². The molecule has 0 saturated heterocycles. The van der Waals surface area contributed by atoms with Gasteiger partial charge in [0.25, 0.3) is 5.91 Å². The van der Waals surface area contributed by atoms with Crippen LogP contribution in [0.25, 0.3) is 0 Å². The number of hydrogen-bond donors (Lipinski definition) is 1. The van der Waals surface area contributed by atoms with Crippen molar-refractivity contribution in [3.05, 3.63) is 67.6 Å². The molecule has 0 aromatic heterocycles. The van der Waals surface area contributed by atoms with Crippen molar-refractivity contribution in [2.45, 2.75) is 6.54 Å². The number of carbonyl (C=O) groups is 2. The lowest BCUT2D eigenvalue weighted by Gasteiger charge is -2.09. The monoisotopic (exact) mass is 405 g/mol. The molecule has 2 aromatic rings. The lowest BCUT2D eigenvalue weighted by molar-refractivity contribution is -0.124. The Morgan fingerprint density at radius 3 is 2.25 bits per heavy atom. The van der Waals surface area contributed by atoms with Crippen LogP contribution in [0.2, 0.25) is 20.1 Å². The summed E-state index contributed by atoms with van der Waals surface area (Å²) in [6.07, 6.45) is 0. The van der Waals surface area contributed by atoms with Crippen molar-refractivity contribution in [2.75, 3.05) is 6.61 Å². The molecule has 0 bridgehead atoms. The highest BCUT2D eigenvalue weighted by Crippen LogP contribution is 2.25. The van der Waals surface area contributed by atoms with Gasteiger partial charge in [-0.25, -0.2) is 4.79 Å². The third kappa shape index (κ3) is 5.02. The van der Waals surface area contributed by atoms with Gasteiger partial charge >= 0.3 is 5.97 Å². The van der Waals surface area contributed by atoms with Crippen molar-refractivity contribution in [2.24, 2.45) is 0 Å². The second kappa shape index (κ2) is 8.58. The van der Waals surface area contributed by atoms with Crippen LogP contribution in [-0.2, 0) is 16.1 Å². The zero-order valence-electron chi connectivity index (χ0n) is 12.1. The Balaban J connectivity index is 1.88. The van der Waals surface area contributed by atoms with E-state index in [-0.39, 0.29) is 22.2 Å². The topological polar surface area (TPSA) is 55.4 Å². The van der Waals surface area contributed by atoms with E-state index in [9.17, 15) is 9.59 Å². The third-order valence-electron chi connectivity index (χ3n) is 2.99. The molecule has 2 rings (SSSR count). The number of amides is 1. The van der Waals surface area contributed by atoms with Crippen molar-refractivity contribution in [3.63, 3.8) is 0 Å². The second-order valence-corrected chi connectivity index (χ2v) is 6.34. The molecular weight excluding hydrogens is 396 g/mol. The molecule has 24 heavy (non-hydrogen) atoms. The minimum atomic E-state index is -0.773. The number of benzene rings is 2. The number of hydrogen-bond acceptors (Lipinski definition) is 3. The number of carbonyl (C=O) groups excluding carboxylic acids is 2. The van der Waals surface area contributed by atoms with E-state index in [1.54, 1.807) is 24.3 Å². The maximum absolute atomic E-state index is 11.9. The predicted octanol–water partition coefficient (Wildman–Crippen LogP) is 4.77. The first-order valence-electron chi connectivity index (χ1n) is 6.70. The Morgan fingerprint density at radius 1 is 0.958 bits per heavy atom. The average Bonchev–Trinajstić information content (AvgIpc) is 2.52. The van der Waals surface area contributed by atoms with E-state index in [0.29, 0.717) is 15.6 Å². The Bertz CT molecular complexity index is 760. The zero-order valence-corrected chi connectivity index (χ0v) is 15.1. The molecule has 4 nitrogen and oxygen atoms in total. The SMILES string of the molecule is O=C(COC(=O)c1c(Cl)cccc1Cl)NCc1ccc(Cl)cc1Cl. The van der Waals surface area contributed by atoms with Crippen LogP contribution in [0.1, 0.15) is 15.9 Å². The molecular formula is C16H11Cl4NO3. The average molecular weight is 407 g/mol. The van der Waals surface area contributed by atoms with Crippen LogP contribution >= 0.6 is 46.4 Å². The molecule has 1 amide bonds. The molecule has 0 fully saturated rings. The summed E-state index contributed by atoms with van der Waals surface area (Å²) >= 11 is 23.6. The van der Waals surface area contributed by atoms with Gasteiger partial charge < -0.3 is 10.1 Å². The molecule has 0 aliphatic carbocycles. The van der Waals surface area contributed by atoms with Crippen LogP contribution in [-0.4, -0.2) is 18.5 Å². The fraction of sp³-hybridized carbons (Fsp3) is 0.125. The highest BCUT2D eigenvalue weighted by molar-refractivity contribution is 6.39. The van der Waals surface area contributed by atoms with Gasteiger partial charge in [-0.2, -0.15) is 0 Å². The van der Waals surface area contributed by atoms with E-state index in [1.165, 1.54) is 12.1 Å². The predicted molar refractivity (Wildman–Crippen MR) is 95.1 cm³/mol. The van der Waals surface area contributed by atoms with Crippen LogP contribution in [0.3, 0.4) is 0 Å². The summed E-state index contributed by atoms with van der Waals surface area (Å²) in [6.45, 7) is -0.287. The number of nitrogens with one attached hydrogen (secondary N) is 1. The van der Waals surface area contributed by atoms with Crippen LogP contribution in [0, 0.1) is 0 Å². The number of halogens is 4. The fourth-order valence-corrected chi connectivity index (χ4v) is 2.83. The van der Waals surface area contributed by atoms with Gasteiger partial charge in [-0.15, -0.1) is 0 Å². The summed E-state index contributed by atoms with van der Waals surface area (Å²) < 4.78 is 4.92. The quantitative estimate of drug-likeness (QED) is 0.727. The third-order valence-corrected chi connectivity index (χ3v) is 4.21. The van der Waals surface area contributed by atoms with Gasteiger partial charge in [-0.05, 0) is 29.8 Å². The van der Waals surface area contributed by atoms with Crippen molar-refractivity contribution >= 4 is 58.3 Å². The van der Waals surface area contributed by atoms with E-state index in [1.807, 2.05) is 0 Å². The summed E-state index contributed by atoms with van der Waals surface area (Å²) in [5.41, 5.74) is 0.712. The van der Waals surface area contributed by atoms with Gasteiger partial charge in [-0.3, -0.25) is 4.79 Å². The standard InChI is InChI=1S/C16H11Cl4NO3/c17-10-5-4-9(13(20)6-10)7-21-14(22)8-24-16(23)15-11(18)2-1-3-12(15)19/h1-6H,7-8H2,(H,21,22). The van der Waals surface area contributed by atoms with Gasteiger partial charge in [-0.1, -0.05) is 58.5 Å². The molecule has 8 heteroatoms. The van der Waals surface area contributed by atoms with Crippen LogP contribution < -0.4 is 5.32 Å². The maximum Gasteiger partial charge on any atom is 0.341 e. The summed E-state index contributed by atoms with van der Waals surface area (Å²) in [5, 5.41) is 3.83. The molecule has 0 atom stereocenters. The Morgan fingerprint density at radius 2 is 1.62 bits per heavy atom. The fourth-order valence-electron chi connectivity index (χ4n) is 1.81. The molecule has 0 saturated carbocycles. The lowest BCUT2D eigenvalue weighted by atomic mass is 10.2. The van der Waals surface area contributed by atoms with Gasteiger partial charge in [0.2, 0.25) is 0 Å². The number of rotatable bonds is 5. The van der Waals surface area contributed by atoms with Crippen molar-refractivity contribution < 1.29 is 14.3 Å². The lowest BCUT2D eigenvalue weighted by Crippen LogP contribution is -2.28. The first-order valence-corrected chi connectivity index (χ1v) is 8.21. The van der Waals surface area contributed by atoms with E-state index >= 15 is 0 Å². The highest BCUT2D eigenvalue weighted by Gasteiger charge is 2.17. The first-order chi connectivity index (χ1) is 11.4. The van der Waals surface area contributed by atoms with Crippen LogP contribution in [0.5, 0.6) is 0 Å². The van der Waals surface area contributed by atoms with Gasteiger partial charge in [0.1, 0.15) is 0 Å². The van der Waals surface area contributed by atoms with Crippen molar-refractivity contribution in [1.29, 1.82) is 0 Å². The van der Waals surface area contributed by atoms with Gasteiger partial charge in [0.05, 0.1) is 15.6 Å².